The van der Waals surface area contributed by atoms with Crippen LogP contribution in [0.1, 0.15) is 61.0 Å². The minimum atomic E-state index is -0.171. The zero-order valence-electron chi connectivity index (χ0n) is 57.9. The van der Waals surface area contributed by atoms with Crippen LogP contribution in [0, 0.1) is 11.8 Å². The Kier molecular flexibility index (Phi) is 15.7. The van der Waals surface area contributed by atoms with Gasteiger partial charge in [-0.1, -0.05) is 323 Å². The summed E-state index contributed by atoms with van der Waals surface area (Å²) >= 11 is 0. The summed E-state index contributed by atoms with van der Waals surface area (Å²) in [6.45, 7) is 4.54. The van der Waals surface area contributed by atoms with Gasteiger partial charge in [-0.25, -0.2) is 9.98 Å². The summed E-state index contributed by atoms with van der Waals surface area (Å²) in [7, 11) is 0. The molecule has 0 N–H and O–H groups in total. The molecular formula is C98H72N6. The number of para-hydroxylation sites is 4. The summed E-state index contributed by atoms with van der Waals surface area (Å²) < 4.78 is 4.80. The van der Waals surface area contributed by atoms with Gasteiger partial charge in [0.15, 0.2) is 11.7 Å². The molecule has 0 saturated heterocycles. The SMILES string of the molecule is CCC1C(n2c3ccccc3c3ccccc32)=NC(c2ccc(-c3ccc(-c4ccc5ccc(-c6ccc(-c7ccc(C8N=C(c9ccc(-c%10ccc(-c%11ccc%12ccccc%12c%11)cc%10)cc9)N=C(n9c%10ccccc%10c%10ccccc%109)C8CC)cc7)cc6)cc5c4)cc3)cc2)=NC1c1ccccc1. The highest BCUT2D eigenvalue weighted by molar-refractivity contribution is 6.20. The lowest BCUT2D eigenvalue weighted by molar-refractivity contribution is 0.522. The maximum Gasteiger partial charge on any atom is 0.157 e. The molecule has 494 valence electrons. The second-order valence-electron chi connectivity index (χ2n) is 27.8. The zero-order valence-corrected chi connectivity index (χ0v) is 57.9. The fourth-order valence-corrected chi connectivity index (χ4v) is 16.3. The van der Waals surface area contributed by atoms with E-state index < -0.39 is 0 Å². The number of nitrogens with zero attached hydrogens (tertiary/aromatic N) is 6. The van der Waals surface area contributed by atoms with Crippen LogP contribution in [0.3, 0.4) is 0 Å². The smallest absolute Gasteiger partial charge is 0.157 e. The molecule has 104 heavy (non-hydrogen) atoms. The van der Waals surface area contributed by atoms with E-state index in [0.29, 0.717) is 0 Å². The third-order valence-corrected chi connectivity index (χ3v) is 21.8. The van der Waals surface area contributed by atoms with Crippen molar-refractivity contribution in [1.29, 1.82) is 0 Å². The molecule has 0 radical (unpaired) electrons. The van der Waals surface area contributed by atoms with Crippen molar-refractivity contribution in [3.8, 4) is 66.8 Å². The Morgan fingerprint density at radius 2 is 0.490 bits per heavy atom. The quantitative estimate of drug-likeness (QED) is 0.117. The Balaban J connectivity index is 0.573. The summed E-state index contributed by atoms with van der Waals surface area (Å²) in [4.78, 5) is 22.2. The number of aliphatic imine (C=N–C) groups is 4. The Labute approximate surface area is 605 Å². The van der Waals surface area contributed by atoms with E-state index in [1.165, 1.54) is 98.7 Å². The maximum absolute atomic E-state index is 5.62. The highest BCUT2D eigenvalue weighted by Gasteiger charge is 2.36. The van der Waals surface area contributed by atoms with Crippen molar-refractivity contribution in [1.82, 2.24) is 9.13 Å². The summed E-state index contributed by atoms with van der Waals surface area (Å²) in [5.41, 5.74) is 23.0. The summed E-state index contributed by atoms with van der Waals surface area (Å²) in [6, 6.07) is 128. The van der Waals surface area contributed by atoms with Crippen molar-refractivity contribution in [3.05, 3.63) is 374 Å². The second-order valence-corrected chi connectivity index (χ2v) is 27.8. The van der Waals surface area contributed by atoms with Crippen LogP contribution in [-0.4, -0.2) is 32.5 Å². The van der Waals surface area contributed by atoms with Crippen molar-refractivity contribution in [2.24, 2.45) is 31.8 Å². The minimum absolute atomic E-state index is 0.00960. The van der Waals surface area contributed by atoms with Gasteiger partial charge in [0, 0.05) is 44.5 Å². The van der Waals surface area contributed by atoms with E-state index in [1.807, 2.05) is 0 Å². The van der Waals surface area contributed by atoms with Gasteiger partial charge in [0.05, 0.1) is 34.2 Å². The highest BCUT2D eigenvalue weighted by Crippen LogP contribution is 2.43. The monoisotopic (exact) mass is 1330 g/mol. The summed E-state index contributed by atoms with van der Waals surface area (Å²) in [6.07, 6.45) is 1.76. The zero-order chi connectivity index (χ0) is 69.2. The predicted octanol–water partition coefficient (Wildman–Crippen LogP) is 25.2. The van der Waals surface area contributed by atoms with Crippen molar-refractivity contribution < 1.29 is 0 Å². The molecule has 0 saturated carbocycles. The molecule has 6 heteroatoms. The van der Waals surface area contributed by atoms with E-state index in [-0.39, 0.29) is 23.9 Å². The van der Waals surface area contributed by atoms with E-state index in [9.17, 15) is 0 Å². The lowest BCUT2D eigenvalue weighted by Gasteiger charge is -2.31. The lowest BCUT2D eigenvalue weighted by atomic mass is 9.87. The average Bonchev–Trinajstić information content (AvgIpc) is 1.59. The Morgan fingerprint density at radius 1 is 0.231 bits per heavy atom. The van der Waals surface area contributed by atoms with E-state index in [1.54, 1.807) is 0 Å². The number of rotatable bonds is 12. The van der Waals surface area contributed by atoms with Crippen LogP contribution in [0.2, 0.25) is 0 Å². The molecule has 17 aromatic rings. The van der Waals surface area contributed by atoms with Crippen LogP contribution in [0.4, 0.5) is 0 Å². The molecule has 0 fully saturated rings. The second kappa shape index (κ2) is 26.2. The van der Waals surface area contributed by atoms with Gasteiger partial charge < -0.3 is 0 Å². The van der Waals surface area contributed by atoms with Gasteiger partial charge >= 0.3 is 0 Å². The molecule has 0 amide bonds. The molecule has 0 spiro atoms. The van der Waals surface area contributed by atoms with Crippen molar-refractivity contribution >= 4 is 88.5 Å². The topological polar surface area (TPSA) is 59.3 Å². The molecule has 0 bridgehead atoms. The highest BCUT2D eigenvalue weighted by atomic mass is 15.1. The first kappa shape index (κ1) is 62.1. The third kappa shape index (κ3) is 11.1. The Bertz CT molecular complexity index is 6170. The standard InChI is InChI=1S/C98H72N6/c1-3-83-93(74-19-6-5-7-20-74)99-95(101-97(83)103-89-26-14-10-22-85(89)86-23-11-15-27-90(86)103)76-53-44-69(45-54-76)66-34-40-72(41-35-66)81-59-50-73-49-58-80(61-82(73)62-81)71-38-32-64(33-39-71)67-42-51-75(52-43-67)94-84(4-2)98(104-91-28-16-12-24-87(91)88-25-13-17-29-92(88)104)102-96(100-94)77-55-46-68(47-56-77)65-30-36-70(37-31-65)79-57-48-63-18-8-9-21-78(63)60-79/h5-62,83-84,93-94H,3-4H2,1-2H3. The van der Waals surface area contributed by atoms with E-state index >= 15 is 0 Å². The first-order chi connectivity index (χ1) is 51.4. The van der Waals surface area contributed by atoms with E-state index in [2.05, 4.69) is 375 Å². The number of amidine groups is 2. The number of fused-ring (bicyclic) bond motifs is 8. The van der Waals surface area contributed by atoms with Crippen LogP contribution in [0.15, 0.2) is 372 Å². The van der Waals surface area contributed by atoms with Crippen LogP contribution < -0.4 is 0 Å². The van der Waals surface area contributed by atoms with Crippen LogP contribution in [0.25, 0.3) is 132 Å². The summed E-state index contributed by atoms with van der Waals surface area (Å²) in [5.74, 6) is 3.63. The lowest BCUT2D eigenvalue weighted by Crippen LogP contribution is -2.32. The molecule has 4 heterocycles. The molecule has 19 rings (SSSR count). The molecule has 2 aromatic heterocycles. The van der Waals surface area contributed by atoms with Crippen LogP contribution in [0.5, 0.6) is 0 Å². The Morgan fingerprint density at radius 3 is 0.846 bits per heavy atom. The third-order valence-electron chi connectivity index (χ3n) is 21.8. The molecule has 15 aromatic carbocycles. The van der Waals surface area contributed by atoms with Crippen LogP contribution >= 0.6 is 0 Å². The van der Waals surface area contributed by atoms with E-state index in [0.717, 1.165) is 91.6 Å². The predicted molar refractivity (Wildman–Crippen MR) is 438 cm³/mol. The fraction of sp³-hybridized carbons (Fsp3) is 0.0816. The van der Waals surface area contributed by atoms with Crippen molar-refractivity contribution in [2.75, 3.05) is 0 Å². The minimum Gasteiger partial charge on any atom is -0.297 e. The molecule has 0 aliphatic carbocycles. The van der Waals surface area contributed by atoms with Gasteiger partial charge in [0.25, 0.3) is 0 Å². The molecule has 4 atom stereocenters. The molecular weight excluding hydrogens is 1260 g/mol. The molecule has 4 unspecified atom stereocenters. The van der Waals surface area contributed by atoms with Gasteiger partial charge in [0.2, 0.25) is 0 Å². The van der Waals surface area contributed by atoms with Gasteiger partial charge in [-0.15, -0.1) is 0 Å². The van der Waals surface area contributed by atoms with Gasteiger partial charge in [-0.3, -0.25) is 19.1 Å². The molecule has 2 aliphatic heterocycles. The largest absolute Gasteiger partial charge is 0.297 e. The molecule has 6 nitrogen and oxygen atoms in total. The van der Waals surface area contributed by atoms with E-state index in [4.69, 9.17) is 20.0 Å². The average molecular weight is 1330 g/mol. The van der Waals surface area contributed by atoms with Crippen LogP contribution in [-0.2, 0) is 0 Å². The number of hydrogen-bond acceptors (Lipinski definition) is 4. The van der Waals surface area contributed by atoms with Gasteiger partial charge in [0.1, 0.15) is 11.7 Å². The fourth-order valence-electron chi connectivity index (χ4n) is 16.3. The summed E-state index contributed by atoms with van der Waals surface area (Å²) in [5, 5.41) is 9.81. The normalized spacial score (nSPS) is 16.1. The number of benzene rings is 15. The van der Waals surface area contributed by atoms with Gasteiger partial charge in [-0.2, -0.15) is 0 Å². The first-order valence-corrected chi connectivity index (χ1v) is 36.4. The first-order valence-electron chi connectivity index (χ1n) is 36.4. The number of hydrogen-bond donors (Lipinski definition) is 0. The van der Waals surface area contributed by atoms with Crippen molar-refractivity contribution in [3.63, 3.8) is 0 Å². The Hall–Kier alpha value is -12.9. The van der Waals surface area contributed by atoms with Crippen molar-refractivity contribution in [2.45, 2.75) is 38.8 Å². The van der Waals surface area contributed by atoms with Gasteiger partial charge in [-0.05, 0) is 155 Å². The number of aromatic nitrogens is 2. The molecule has 2 aliphatic rings. The maximum atomic E-state index is 5.62.